The Morgan fingerprint density at radius 1 is 1.14 bits per heavy atom. The van der Waals surface area contributed by atoms with Gasteiger partial charge in [-0.1, -0.05) is 24.3 Å². The quantitative estimate of drug-likeness (QED) is 0.759. The molecule has 22 heavy (non-hydrogen) atoms. The topological polar surface area (TPSA) is 63.8 Å². The Morgan fingerprint density at radius 2 is 1.91 bits per heavy atom. The number of imidazole rings is 1. The number of aliphatic carboxylic acids is 1. The summed E-state index contributed by atoms with van der Waals surface area (Å²) >= 11 is 0. The number of ether oxygens (including phenoxy) is 1. The zero-order valence-electron chi connectivity index (χ0n) is 12.0. The molecule has 0 aliphatic heterocycles. The molecule has 0 saturated carbocycles. The van der Waals surface area contributed by atoms with Crippen LogP contribution in [-0.4, -0.2) is 20.5 Å². The lowest BCUT2D eigenvalue weighted by Crippen LogP contribution is -2.01. The molecule has 2 aromatic heterocycles. The molecular weight excluding hydrogens is 280 g/mol. The maximum absolute atomic E-state index is 10.8. The standard InChI is InChI=1S/C17H16N2O3/c20-17(21)10-9-14-15-8-4-5-11-19(15)16(18-14)12-22-13-6-2-1-3-7-13/h1-8,11H,9-10,12H2,(H,20,21). The number of carbonyl (C=O) groups is 1. The number of benzene rings is 1. The number of pyridine rings is 1. The molecular formula is C17H16N2O3. The Hall–Kier alpha value is -2.82. The monoisotopic (exact) mass is 296 g/mol. The maximum Gasteiger partial charge on any atom is 0.303 e. The van der Waals surface area contributed by atoms with E-state index in [4.69, 9.17) is 9.84 Å². The van der Waals surface area contributed by atoms with Crippen LogP contribution < -0.4 is 4.74 Å². The zero-order chi connectivity index (χ0) is 15.4. The van der Waals surface area contributed by atoms with Crippen LogP contribution in [0.5, 0.6) is 5.75 Å². The number of rotatable bonds is 6. The molecule has 3 aromatic rings. The van der Waals surface area contributed by atoms with E-state index in [-0.39, 0.29) is 6.42 Å². The van der Waals surface area contributed by atoms with Crippen LogP contribution in [-0.2, 0) is 17.8 Å². The normalized spacial score (nSPS) is 10.7. The van der Waals surface area contributed by atoms with Crippen molar-refractivity contribution < 1.29 is 14.6 Å². The van der Waals surface area contributed by atoms with E-state index in [0.29, 0.717) is 13.0 Å². The van der Waals surface area contributed by atoms with Crippen molar-refractivity contribution in [2.24, 2.45) is 0 Å². The molecule has 0 spiro atoms. The summed E-state index contributed by atoms with van der Waals surface area (Å²) in [4.78, 5) is 15.3. The van der Waals surface area contributed by atoms with Crippen LogP contribution in [0.2, 0.25) is 0 Å². The van der Waals surface area contributed by atoms with E-state index in [1.165, 1.54) is 0 Å². The third-order valence-electron chi connectivity index (χ3n) is 3.38. The highest BCUT2D eigenvalue weighted by atomic mass is 16.5. The predicted octanol–water partition coefficient (Wildman–Crippen LogP) is 2.93. The van der Waals surface area contributed by atoms with Crippen LogP contribution >= 0.6 is 0 Å². The average Bonchev–Trinajstić information content (AvgIpc) is 2.90. The molecule has 0 bridgehead atoms. The molecule has 0 atom stereocenters. The summed E-state index contributed by atoms with van der Waals surface area (Å²) in [5.41, 5.74) is 1.71. The van der Waals surface area contributed by atoms with Crippen molar-refractivity contribution in [3.05, 3.63) is 66.2 Å². The number of hydrogen-bond acceptors (Lipinski definition) is 3. The minimum Gasteiger partial charge on any atom is -0.486 e. The smallest absolute Gasteiger partial charge is 0.303 e. The van der Waals surface area contributed by atoms with Crippen LogP contribution in [0.4, 0.5) is 0 Å². The van der Waals surface area contributed by atoms with Crippen LogP contribution in [0.3, 0.4) is 0 Å². The van der Waals surface area contributed by atoms with Gasteiger partial charge in [0, 0.05) is 12.6 Å². The third-order valence-corrected chi connectivity index (χ3v) is 3.38. The molecule has 2 heterocycles. The van der Waals surface area contributed by atoms with Crippen molar-refractivity contribution in [3.63, 3.8) is 0 Å². The van der Waals surface area contributed by atoms with Gasteiger partial charge in [-0.25, -0.2) is 4.98 Å². The highest BCUT2D eigenvalue weighted by Crippen LogP contribution is 2.17. The summed E-state index contributed by atoms with van der Waals surface area (Å²) < 4.78 is 7.68. The van der Waals surface area contributed by atoms with Crippen LogP contribution in [0.25, 0.3) is 5.52 Å². The SMILES string of the molecule is O=C(O)CCc1nc(COc2ccccc2)n2ccccc12. The average molecular weight is 296 g/mol. The van der Waals surface area contributed by atoms with Gasteiger partial charge in [0.15, 0.2) is 5.82 Å². The Bertz CT molecular complexity index is 781. The van der Waals surface area contributed by atoms with E-state index in [1.807, 2.05) is 59.1 Å². The number of aromatic nitrogens is 2. The fourth-order valence-electron chi connectivity index (χ4n) is 2.35. The molecule has 0 radical (unpaired) electrons. The van der Waals surface area contributed by atoms with Crippen LogP contribution in [0.15, 0.2) is 54.7 Å². The second kappa shape index (κ2) is 6.30. The van der Waals surface area contributed by atoms with E-state index in [2.05, 4.69) is 4.98 Å². The van der Waals surface area contributed by atoms with Gasteiger partial charge in [-0.05, 0) is 24.3 Å². The van der Waals surface area contributed by atoms with Gasteiger partial charge in [0.1, 0.15) is 12.4 Å². The molecule has 112 valence electrons. The minimum atomic E-state index is -0.820. The summed E-state index contributed by atoms with van der Waals surface area (Å²) in [7, 11) is 0. The van der Waals surface area contributed by atoms with Crippen molar-refractivity contribution >= 4 is 11.5 Å². The molecule has 5 heteroatoms. The number of carboxylic acid groups (broad SMARTS) is 1. The largest absolute Gasteiger partial charge is 0.486 e. The first-order chi connectivity index (χ1) is 10.7. The van der Waals surface area contributed by atoms with Gasteiger partial charge in [-0.2, -0.15) is 0 Å². The van der Waals surface area contributed by atoms with Crippen molar-refractivity contribution in [1.29, 1.82) is 0 Å². The zero-order valence-corrected chi connectivity index (χ0v) is 12.0. The molecule has 0 saturated heterocycles. The predicted molar refractivity (Wildman–Crippen MR) is 81.9 cm³/mol. The molecule has 1 N–H and O–H groups in total. The van der Waals surface area contributed by atoms with Crippen molar-refractivity contribution in [1.82, 2.24) is 9.38 Å². The molecule has 5 nitrogen and oxygen atoms in total. The first-order valence-corrected chi connectivity index (χ1v) is 7.08. The van der Waals surface area contributed by atoms with E-state index < -0.39 is 5.97 Å². The second-order valence-electron chi connectivity index (χ2n) is 4.93. The van der Waals surface area contributed by atoms with Crippen LogP contribution in [0, 0.1) is 0 Å². The summed E-state index contributed by atoms with van der Waals surface area (Å²) in [6, 6.07) is 15.3. The number of hydrogen-bond donors (Lipinski definition) is 1. The Balaban J connectivity index is 1.84. The molecule has 0 unspecified atom stereocenters. The number of para-hydroxylation sites is 1. The van der Waals surface area contributed by atoms with Gasteiger partial charge in [-0.15, -0.1) is 0 Å². The maximum atomic E-state index is 10.8. The summed E-state index contributed by atoms with van der Waals surface area (Å²) in [5, 5.41) is 8.85. The molecule has 3 rings (SSSR count). The van der Waals surface area contributed by atoms with Crippen molar-refractivity contribution in [3.8, 4) is 5.75 Å². The molecule has 0 aliphatic carbocycles. The fourth-order valence-corrected chi connectivity index (χ4v) is 2.35. The van der Waals surface area contributed by atoms with Gasteiger partial charge in [0.2, 0.25) is 0 Å². The van der Waals surface area contributed by atoms with Crippen LogP contribution in [0.1, 0.15) is 17.9 Å². The lowest BCUT2D eigenvalue weighted by molar-refractivity contribution is -0.136. The van der Waals surface area contributed by atoms with Crippen molar-refractivity contribution in [2.45, 2.75) is 19.4 Å². The third kappa shape index (κ3) is 3.09. The number of fused-ring (bicyclic) bond motifs is 1. The highest BCUT2D eigenvalue weighted by Gasteiger charge is 2.12. The Labute approximate surface area is 127 Å². The second-order valence-corrected chi connectivity index (χ2v) is 4.93. The van der Waals surface area contributed by atoms with E-state index in [1.54, 1.807) is 0 Å². The first kappa shape index (κ1) is 14.1. The summed E-state index contributed by atoms with van der Waals surface area (Å²) in [6.45, 7) is 0.336. The first-order valence-electron chi connectivity index (χ1n) is 7.08. The van der Waals surface area contributed by atoms with Gasteiger partial charge in [0.25, 0.3) is 0 Å². The van der Waals surface area contributed by atoms with Gasteiger partial charge < -0.3 is 14.2 Å². The molecule has 1 aromatic carbocycles. The molecule has 0 fully saturated rings. The molecule has 0 amide bonds. The summed E-state index contributed by atoms with van der Waals surface area (Å²) in [5.74, 6) is 0.723. The minimum absolute atomic E-state index is 0.0700. The van der Waals surface area contributed by atoms with Crippen molar-refractivity contribution in [2.75, 3.05) is 0 Å². The van der Waals surface area contributed by atoms with E-state index in [9.17, 15) is 4.79 Å². The Morgan fingerprint density at radius 3 is 2.68 bits per heavy atom. The van der Waals surface area contributed by atoms with E-state index >= 15 is 0 Å². The Kier molecular flexibility index (Phi) is 4.05. The number of aryl methyl sites for hydroxylation is 1. The van der Waals surface area contributed by atoms with Gasteiger partial charge >= 0.3 is 5.97 Å². The number of carboxylic acids is 1. The lowest BCUT2D eigenvalue weighted by atomic mass is 10.2. The van der Waals surface area contributed by atoms with E-state index in [0.717, 1.165) is 22.8 Å². The number of nitrogens with zero attached hydrogens (tertiary/aromatic N) is 2. The highest BCUT2D eigenvalue weighted by molar-refractivity contribution is 5.67. The summed E-state index contributed by atoms with van der Waals surface area (Å²) in [6.07, 6.45) is 2.39. The molecule has 0 aliphatic rings. The van der Waals surface area contributed by atoms with Gasteiger partial charge in [-0.3, -0.25) is 4.79 Å². The van der Waals surface area contributed by atoms with Gasteiger partial charge in [0.05, 0.1) is 17.6 Å². The lowest BCUT2D eigenvalue weighted by Gasteiger charge is -2.04. The fraction of sp³-hybridized carbons (Fsp3) is 0.176.